The fourth-order valence-corrected chi connectivity index (χ4v) is 2.51. The molecule has 19 heavy (non-hydrogen) atoms. The van der Waals surface area contributed by atoms with E-state index in [1.54, 1.807) is 0 Å². The van der Waals surface area contributed by atoms with Crippen LogP contribution in [0.2, 0.25) is 0 Å². The molecule has 1 fully saturated rings. The summed E-state index contributed by atoms with van der Waals surface area (Å²) in [5, 5.41) is 2.87. The summed E-state index contributed by atoms with van der Waals surface area (Å²) in [4.78, 5) is 33.0. The second-order valence-electron chi connectivity index (χ2n) is 5.15. The van der Waals surface area contributed by atoms with E-state index in [9.17, 15) is 14.4 Å². The molecule has 6 heteroatoms. The molecule has 0 aromatic rings. The number of nitrogens with one attached hydrogen (secondary N) is 1. The van der Waals surface area contributed by atoms with E-state index in [2.05, 4.69) is 5.32 Å². The fraction of sp³-hybridized carbons (Fsp3) is 0.769. The molecule has 0 saturated heterocycles. The minimum atomic E-state index is -0.525. The summed E-state index contributed by atoms with van der Waals surface area (Å²) in [6.07, 6.45) is 2.19. The Bertz CT molecular complexity index is 368. The quantitative estimate of drug-likeness (QED) is 0.747. The van der Waals surface area contributed by atoms with Crippen molar-refractivity contribution in [1.29, 1.82) is 0 Å². The van der Waals surface area contributed by atoms with Crippen LogP contribution in [-0.4, -0.2) is 36.6 Å². The Labute approximate surface area is 112 Å². The Morgan fingerprint density at radius 2 is 1.79 bits per heavy atom. The zero-order valence-corrected chi connectivity index (χ0v) is 11.7. The van der Waals surface area contributed by atoms with Crippen LogP contribution in [0.4, 0.5) is 0 Å². The molecule has 2 atom stereocenters. The van der Waals surface area contributed by atoms with E-state index in [-0.39, 0.29) is 30.4 Å². The average Bonchev–Trinajstić information content (AvgIpc) is 2.67. The van der Waals surface area contributed by atoms with Crippen LogP contribution in [0.5, 0.6) is 0 Å². The van der Waals surface area contributed by atoms with Gasteiger partial charge in [0.25, 0.3) is 0 Å². The van der Waals surface area contributed by atoms with Crippen LogP contribution in [0.3, 0.4) is 0 Å². The van der Waals surface area contributed by atoms with Crippen molar-refractivity contribution in [3.05, 3.63) is 0 Å². The number of esters is 2. The third-order valence-corrected chi connectivity index (χ3v) is 3.23. The first-order valence-electron chi connectivity index (χ1n) is 6.38. The summed E-state index contributed by atoms with van der Waals surface area (Å²) in [5.74, 6) is -0.642. The van der Waals surface area contributed by atoms with Gasteiger partial charge in [-0.2, -0.15) is 0 Å². The zero-order chi connectivity index (χ0) is 14.5. The molecular formula is C13H21NO5. The van der Waals surface area contributed by atoms with Crippen molar-refractivity contribution in [1.82, 2.24) is 5.32 Å². The Kier molecular flexibility index (Phi) is 5.32. The molecule has 1 saturated carbocycles. The molecule has 0 heterocycles. The monoisotopic (exact) mass is 271 g/mol. The van der Waals surface area contributed by atoms with Gasteiger partial charge in [-0.3, -0.25) is 14.4 Å². The van der Waals surface area contributed by atoms with Crippen molar-refractivity contribution < 1.29 is 23.9 Å². The highest BCUT2D eigenvalue weighted by atomic mass is 16.5. The minimum Gasteiger partial charge on any atom is -0.466 e. The van der Waals surface area contributed by atoms with Gasteiger partial charge in [-0.1, -0.05) is 0 Å². The Hall–Kier alpha value is -1.59. The standard InChI is InChI=1S/C13H21NO5/c1-9(15)14-13(8-19-11(3)17)5-4-12(6-13)7-18-10(2)16/h12H,4-8H2,1-3H3,(H,14,15)/t12-,13+/m1/s1. The van der Waals surface area contributed by atoms with E-state index in [0.29, 0.717) is 19.4 Å². The van der Waals surface area contributed by atoms with Crippen LogP contribution in [0, 0.1) is 5.92 Å². The molecular weight excluding hydrogens is 250 g/mol. The zero-order valence-electron chi connectivity index (χ0n) is 11.7. The van der Waals surface area contributed by atoms with Gasteiger partial charge in [0, 0.05) is 20.8 Å². The Morgan fingerprint density at radius 3 is 2.32 bits per heavy atom. The van der Waals surface area contributed by atoms with Crippen molar-refractivity contribution in [2.24, 2.45) is 5.92 Å². The second kappa shape index (κ2) is 6.54. The summed E-state index contributed by atoms with van der Waals surface area (Å²) in [7, 11) is 0. The van der Waals surface area contributed by atoms with E-state index in [1.807, 2.05) is 0 Å². The van der Waals surface area contributed by atoms with E-state index in [4.69, 9.17) is 9.47 Å². The minimum absolute atomic E-state index is 0.153. The highest BCUT2D eigenvalue weighted by Gasteiger charge is 2.41. The molecule has 0 aliphatic heterocycles. The molecule has 1 N–H and O–H groups in total. The van der Waals surface area contributed by atoms with Crippen molar-refractivity contribution >= 4 is 17.8 Å². The SMILES string of the molecule is CC(=O)N[C@@]1(COC(C)=O)CC[C@@H](COC(C)=O)C1. The fourth-order valence-electron chi connectivity index (χ4n) is 2.51. The predicted octanol–water partition coefficient (Wildman–Crippen LogP) is 0.788. The first-order chi connectivity index (χ1) is 8.83. The van der Waals surface area contributed by atoms with Crippen LogP contribution in [0.25, 0.3) is 0 Å². The number of rotatable bonds is 5. The number of ether oxygens (including phenoxy) is 2. The van der Waals surface area contributed by atoms with E-state index >= 15 is 0 Å². The molecule has 0 bridgehead atoms. The molecule has 0 aromatic carbocycles. The highest BCUT2D eigenvalue weighted by Crippen LogP contribution is 2.35. The number of amides is 1. The number of carbonyl (C=O) groups is 3. The molecule has 0 unspecified atom stereocenters. The third kappa shape index (κ3) is 5.28. The first kappa shape index (κ1) is 15.5. The van der Waals surface area contributed by atoms with Crippen LogP contribution in [-0.2, 0) is 23.9 Å². The summed E-state index contributed by atoms with van der Waals surface area (Å²) >= 11 is 0. The van der Waals surface area contributed by atoms with Gasteiger partial charge in [-0.25, -0.2) is 0 Å². The van der Waals surface area contributed by atoms with Crippen LogP contribution in [0.1, 0.15) is 40.0 Å². The molecule has 1 rings (SSSR count). The highest BCUT2D eigenvalue weighted by molar-refractivity contribution is 5.74. The Morgan fingerprint density at radius 1 is 1.16 bits per heavy atom. The Balaban J connectivity index is 2.58. The normalized spacial score (nSPS) is 25.7. The van der Waals surface area contributed by atoms with Crippen molar-refractivity contribution in [3.63, 3.8) is 0 Å². The molecule has 1 amide bonds. The first-order valence-corrected chi connectivity index (χ1v) is 6.38. The molecule has 1 aliphatic rings. The lowest BCUT2D eigenvalue weighted by molar-refractivity contribution is -0.144. The van der Waals surface area contributed by atoms with E-state index in [0.717, 1.165) is 6.42 Å². The van der Waals surface area contributed by atoms with Crippen molar-refractivity contribution in [2.75, 3.05) is 13.2 Å². The lowest BCUT2D eigenvalue weighted by Gasteiger charge is -2.29. The molecule has 0 radical (unpaired) electrons. The smallest absolute Gasteiger partial charge is 0.302 e. The van der Waals surface area contributed by atoms with E-state index in [1.165, 1.54) is 20.8 Å². The van der Waals surface area contributed by atoms with Crippen molar-refractivity contribution in [2.45, 2.75) is 45.6 Å². The number of hydrogen-bond acceptors (Lipinski definition) is 5. The second-order valence-corrected chi connectivity index (χ2v) is 5.15. The lowest BCUT2D eigenvalue weighted by Crippen LogP contribution is -2.49. The number of hydrogen-bond donors (Lipinski definition) is 1. The van der Waals surface area contributed by atoms with Gasteiger partial charge in [-0.15, -0.1) is 0 Å². The summed E-state index contributed by atoms with van der Waals surface area (Å²) in [6.45, 7) is 4.66. The topological polar surface area (TPSA) is 81.7 Å². The molecule has 1 aliphatic carbocycles. The van der Waals surface area contributed by atoms with Crippen LogP contribution < -0.4 is 5.32 Å². The largest absolute Gasteiger partial charge is 0.466 e. The van der Waals surface area contributed by atoms with Gasteiger partial charge in [0.15, 0.2) is 0 Å². The van der Waals surface area contributed by atoms with Crippen LogP contribution in [0.15, 0.2) is 0 Å². The van der Waals surface area contributed by atoms with Gasteiger partial charge in [0.2, 0.25) is 5.91 Å². The van der Waals surface area contributed by atoms with E-state index < -0.39 is 5.54 Å². The maximum atomic E-state index is 11.3. The van der Waals surface area contributed by atoms with Gasteiger partial charge in [-0.05, 0) is 25.2 Å². The third-order valence-electron chi connectivity index (χ3n) is 3.23. The summed E-state index contributed by atoms with van der Waals surface area (Å²) in [5.41, 5.74) is -0.525. The molecule has 108 valence electrons. The molecule has 0 spiro atoms. The van der Waals surface area contributed by atoms with Crippen LogP contribution >= 0.6 is 0 Å². The van der Waals surface area contributed by atoms with Gasteiger partial charge in [0.05, 0.1) is 12.1 Å². The summed E-state index contributed by atoms with van der Waals surface area (Å²) < 4.78 is 10.0. The summed E-state index contributed by atoms with van der Waals surface area (Å²) in [6, 6.07) is 0. The maximum Gasteiger partial charge on any atom is 0.302 e. The van der Waals surface area contributed by atoms with Crippen molar-refractivity contribution in [3.8, 4) is 0 Å². The van der Waals surface area contributed by atoms with Gasteiger partial charge >= 0.3 is 11.9 Å². The van der Waals surface area contributed by atoms with Gasteiger partial charge < -0.3 is 14.8 Å². The molecule has 6 nitrogen and oxygen atoms in total. The lowest BCUT2D eigenvalue weighted by atomic mass is 9.97. The van der Waals surface area contributed by atoms with Gasteiger partial charge in [0.1, 0.15) is 6.61 Å². The predicted molar refractivity (Wildman–Crippen MR) is 67.2 cm³/mol. The maximum absolute atomic E-state index is 11.3. The number of carbonyl (C=O) groups excluding carboxylic acids is 3. The molecule has 0 aromatic heterocycles. The average molecular weight is 271 g/mol.